The summed E-state index contributed by atoms with van der Waals surface area (Å²) < 4.78 is 1.62. The summed E-state index contributed by atoms with van der Waals surface area (Å²) in [5.74, 6) is 0.712. The first-order valence-electron chi connectivity index (χ1n) is 7.32. The predicted octanol–water partition coefficient (Wildman–Crippen LogP) is 2.81. The molecule has 0 aromatic carbocycles. The van der Waals surface area contributed by atoms with Gasteiger partial charge in [-0.1, -0.05) is 26.8 Å². The van der Waals surface area contributed by atoms with Crippen LogP contribution in [-0.4, -0.2) is 38.1 Å². The SMILES string of the molecule is C[C@H](C(=O)N(C)[C@@H](C)c1cccs1)n1nnnc1C(C)(C)C. The first kappa shape index (κ1) is 16.6. The van der Waals surface area contributed by atoms with Crippen LogP contribution in [0.25, 0.3) is 0 Å². The van der Waals surface area contributed by atoms with E-state index < -0.39 is 6.04 Å². The molecule has 0 radical (unpaired) electrons. The van der Waals surface area contributed by atoms with Crippen molar-refractivity contribution in [3.8, 4) is 0 Å². The van der Waals surface area contributed by atoms with Gasteiger partial charge in [0.25, 0.3) is 0 Å². The zero-order chi connectivity index (χ0) is 16.5. The van der Waals surface area contributed by atoms with Gasteiger partial charge < -0.3 is 4.90 Å². The second kappa shape index (κ2) is 6.16. The highest BCUT2D eigenvalue weighted by atomic mass is 32.1. The maximum Gasteiger partial charge on any atom is 0.247 e. The minimum Gasteiger partial charge on any atom is -0.336 e. The number of tetrazole rings is 1. The molecular formula is C15H23N5OS. The van der Waals surface area contributed by atoms with Crippen LogP contribution < -0.4 is 0 Å². The van der Waals surface area contributed by atoms with E-state index in [9.17, 15) is 4.79 Å². The molecule has 0 spiro atoms. The number of hydrogen-bond acceptors (Lipinski definition) is 5. The number of thiophene rings is 1. The van der Waals surface area contributed by atoms with Gasteiger partial charge in [-0.15, -0.1) is 16.4 Å². The zero-order valence-electron chi connectivity index (χ0n) is 13.9. The second-order valence-corrected chi connectivity index (χ2v) is 7.49. The van der Waals surface area contributed by atoms with Crippen molar-refractivity contribution in [2.45, 2.75) is 52.1 Å². The van der Waals surface area contributed by atoms with E-state index in [1.165, 1.54) is 0 Å². The third-order valence-electron chi connectivity index (χ3n) is 3.77. The molecule has 0 aliphatic heterocycles. The van der Waals surface area contributed by atoms with E-state index in [1.54, 1.807) is 20.9 Å². The third kappa shape index (κ3) is 3.19. The molecule has 7 heteroatoms. The van der Waals surface area contributed by atoms with Crippen LogP contribution in [0.1, 0.15) is 57.4 Å². The minimum absolute atomic E-state index is 0.00120. The van der Waals surface area contributed by atoms with Gasteiger partial charge in [0.05, 0.1) is 6.04 Å². The topological polar surface area (TPSA) is 63.9 Å². The molecule has 2 heterocycles. The van der Waals surface area contributed by atoms with Crippen molar-refractivity contribution in [2.75, 3.05) is 7.05 Å². The van der Waals surface area contributed by atoms with Crippen molar-refractivity contribution >= 4 is 17.2 Å². The molecule has 0 unspecified atom stereocenters. The smallest absolute Gasteiger partial charge is 0.247 e. The van der Waals surface area contributed by atoms with Crippen molar-refractivity contribution in [1.29, 1.82) is 0 Å². The van der Waals surface area contributed by atoms with Crippen molar-refractivity contribution in [2.24, 2.45) is 0 Å². The lowest BCUT2D eigenvalue weighted by Crippen LogP contribution is -2.36. The Bertz CT molecular complexity index is 629. The van der Waals surface area contributed by atoms with Gasteiger partial charge in [0.2, 0.25) is 5.91 Å². The van der Waals surface area contributed by atoms with Gasteiger partial charge in [0.1, 0.15) is 6.04 Å². The summed E-state index contributed by atoms with van der Waals surface area (Å²) in [6.45, 7) is 9.96. The van der Waals surface area contributed by atoms with Crippen LogP contribution in [0.4, 0.5) is 0 Å². The molecule has 0 aliphatic rings. The van der Waals surface area contributed by atoms with Gasteiger partial charge in [-0.05, 0) is 35.7 Å². The van der Waals surface area contributed by atoms with E-state index in [0.29, 0.717) is 5.82 Å². The first-order chi connectivity index (χ1) is 10.2. The van der Waals surface area contributed by atoms with E-state index in [2.05, 4.69) is 15.5 Å². The lowest BCUT2D eigenvalue weighted by atomic mass is 9.95. The lowest BCUT2D eigenvalue weighted by molar-refractivity contribution is -0.135. The van der Waals surface area contributed by atoms with Gasteiger partial charge in [0.15, 0.2) is 5.82 Å². The molecular weight excluding hydrogens is 298 g/mol. The lowest BCUT2D eigenvalue weighted by Gasteiger charge is -2.28. The number of nitrogens with zero attached hydrogens (tertiary/aromatic N) is 5. The first-order valence-corrected chi connectivity index (χ1v) is 8.20. The molecule has 0 N–H and O–H groups in total. The molecule has 0 saturated heterocycles. The maximum absolute atomic E-state index is 12.8. The predicted molar refractivity (Wildman–Crippen MR) is 86.7 cm³/mol. The average Bonchev–Trinajstić information content (AvgIpc) is 3.13. The standard InChI is InChI=1S/C15H23N5OS/c1-10(12-8-7-9-22-12)19(6)13(21)11(2)20-14(15(3,4)5)16-17-18-20/h7-11H,1-6H3/t10-,11+/m0/s1. The molecule has 0 bridgehead atoms. The Morgan fingerprint density at radius 3 is 2.59 bits per heavy atom. The molecule has 1 amide bonds. The number of amides is 1. The molecule has 0 saturated carbocycles. The van der Waals surface area contributed by atoms with Gasteiger partial charge in [-0.3, -0.25) is 4.79 Å². The third-order valence-corrected chi connectivity index (χ3v) is 4.81. The molecule has 2 rings (SSSR count). The summed E-state index contributed by atoms with van der Waals surface area (Å²) >= 11 is 1.65. The van der Waals surface area contributed by atoms with Crippen molar-refractivity contribution in [3.05, 3.63) is 28.2 Å². The fraction of sp³-hybridized carbons (Fsp3) is 0.600. The highest BCUT2D eigenvalue weighted by molar-refractivity contribution is 7.10. The Kier molecular flexibility index (Phi) is 4.65. The Morgan fingerprint density at radius 2 is 2.05 bits per heavy atom. The van der Waals surface area contributed by atoms with E-state index in [-0.39, 0.29) is 17.4 Å². The van der Waals surface area contributed by atoms with Crippen LogP contribution >= 0.6 is 11.3 Å². The molecule has 0 fully saturated rings. The summed E-state index contributed by atoms with van der Waals surface area (Å²) in [4.78, 5) is 15.7. The van der Waals surface area contributed by atoms with Gasteiger partial charge in [-0.2, -0.15) is 0 Å². The molecule has 2 aromatic rings. The summed E-state index contributed by atoms with van der Waals surface area (Å²) in [6.07, 6.45) is 0. The van der Waals surface area contributed by atoms with Crippen LogP contribution in [0.2, 0.25) is 0 Å². The Labute approximate surface area is 135 Å². The van der Waals surface area contributed by atoms with Crippen LogP contribution in [0.15, 0.2) is 17.5 Å². The second-order valence-electron chi connectivity index (χ2n) is 6.51. The van der Waals surface area contributed by atoms with Crippen LogP contribution in [0, 0.1) is 0 Å². The number of aromatic nitrogens is 4. The van der Waals surface area contributed by atoms with Crippen LogP contribution in [0.3, 0.4) is 0 Å². The fourth-order valence-corrected chi connectivity index (χ4v) is 3.08. The van der Waals surface area contributed by atoms with E-state index >= 15 is 0 Å². The Hall–Kier alpha value is -1.76. The Balaban J connectivity index is 2.21. The van der Waals surface area contributed by atoms with Crippen molar-refractivity contribution in [1.82, 2.24) is 25.1 Å². The number of rotatable bonds is 4. The van der Waals surface area contributed by atoms with Gasteiger partial charge in [-0.25, -0.2) is 4.68 Å². The number of carbonyl (C=O) groups is 1. The largest absolute Gasteiger partial charge is 0.336 e. The van der Waals surface area contributed by atoms with E-state index in [0.717, 1.165) is 4.88 Å². The summed E-state index contributed by atoms with van der Waals surface area (Å²) in [5.41, 5.74) is -0.212. The molecule has 2 atom stereocenters. The molecule has 2 aromatic heterocycles. The average molecular weight is 321 g/mol. The molecule has 0 aliphatic carbocycles. The molecule has 22 heavy (non-hydrogen) atoms. The van der Waals surface area contributed by atoms with Crippen molar-refractivity contribution < 1.29 is 4.79 Å². The summed E-state index contributed by atoms with van der Waals surface area (Å²) in [5, 5.41) is 13.9. The highest BCUT2D eigenvalue weighted by Gasteiger charge is 2.30. The van der Waals surface area contributed by atoms with Crippen LogP contribution in [-0.2, 0) is 10.2 Å². The van der Waals surface area contributed by atoms with Gasteiger partial charge >= 0.3 is 0 Å². The Morgan fingerprint density at radius 1 is 1.36 bits per heavy atom. The van der Waals surface area contributed by atoms with Crippen molar-refractivity contribution in [3.63, 3.8) is 0 Å². The summed E-state index contributed by atoms with van der Waals surface area (Å²) in [6, 6.07) is 3.64. The number of likely N-dealkylation sites (N-methyl/N-ethyl adjacent to an activating group) is 1. The molecule has 6 nitrogen and oxygen atoms in total. The minimum atomic E-state index is -0.434. The van der Waals surface area contributed by atoms with E-state index in [1.807, 2.05) is 59.2 Å². The van der Waals surface area contributed by atoms with Crippen LogP contribution in [0.5, 0.6) is 0 Å². The number of hydrogen-bond donors (Lipinski definition) is 0. The molecule has 120 valence electrons. The number of carbonyl (C=O) groups excluding carboxylic acids is 1. The van der Waals surface area contributed by atoms with E-state index in [4.69, 9.17) is 0 Å². The zero-order valence-corrected chi connectivity index (χ0v) is 14.8. The summed E-state index contributed by atoms with van der Waals surface area (Å²) in [7, 11) is 1.82. The quantitative estimate of drug-likeness (QED) is 0.868. The highest BCUT2D eigenvalue weighted by Crippen LogP contribution is 2.27. The normalized spacial score (nSPS) is 14.6. The monoisotopic (exact) mass is 321 g/mol. The maximum atomic E-state index is 12.8. The fourth-order valence-electron chi connectivity index (χ4n) is 2.26. The van der Waals surface area contributed by atoms with Gasteiger partial charge in [0, 0.05) is 17.3 Å².